The van der Waals surface area contributed by atoms with Crippen LogP contribution >= 0.6 is 0 Å². The summed E-state index contributed by atoms with van der Waals surface area (Å²) in [6.07, 6.45) is 8.14. The van der Waals surface area contributed by atoms with Crippen molar-refractivity contribution in [1.29, 1.82) is 0 Å². The zero-order chi connectivity index (χ0) is 21.5. The van der Waals surface area contributed by atoms with Crippen molar-refractivity contribution in [3.8, 4) is 5.88 Å². The lowest BCUT2D eigenvalue weighted by atomic mass is 10.0. The van der Waals surface area contributed by atoms with E-state index in [1.165, 1.54) is 6.08 Å². The zero-order valence-electron chi connectivity index (χ0n) is 17.1. The Kier molecular flexibility index (Phi) is 6.47. The normalized spacial score (nSPS) is 14.5. The van der Waals surface area contributed by atoms with Crippen LogP contribution in [0.3, 0.4) is 0 Å². The number of carbonyl (C=O) groups is 2. The molecule has 156 valence electrons. The van der Waals surface area contributed by atoms with Gasteiger partial charge in [-0.3, -0.25) is 14.6 Å². The predicted octanol–water partition coefficient (Wildman–Crippen LogP) is 4.06. The van der Waals surface area contributed by atoms with Gasteiger partial charge < -0.3 is 9.64 Å². The summed E-state index contributed by atoms with van der Waals surface area (Å²) in [7, 11) is 0. The molecule has 4 rings (SSSR count). The van der Waals surface area contributed by atoms with E-state index in [4.69, 9.17) is 4.74 Å². The number of rotatable bonds is 6. The summed E-state index contributed by atoms with van der Waals surface area (Å²) < 4.78 is 5.89. The van der Waals surface area contributed by atoms with Gasteiger partial charge in [-0.25, -0.2) is 4.98 Å². The minimum absolute atomic E-state index is 0.0284. The Morgan fingerprint density at radius 3 is 2.19 bits per heavy atom. The quantitative estimate of drug-likeness (QED) is 0.450. The molecular formula is C25H23N3O3. The topological polar surface area (TPSA) is 72.4 Å². The van der Waals surface area contributed by atoms with Crippen molar-refractivity contribution in [3.05, 3.63) is 96.0 Å². The first-order valence-corrected chi connectivity index (χ1v) is 10.3. The minimum atomic E-state index is -0.128. The third-order valence-electron chi connectivity index (χ3n) is 5.16. The van der Waals surface area contributed by atoms with Gasteiger partial charge in [0.25, 0.3) is 5.91 Å². The Hall–Kier alpha value is -3.80. The maximum atomic E-state index is 12.8. The molecule has 1 aliphatic heterocycles. The number of hydrogen-bond donors (Lipinski definition) is 0. The summed E-state index contributed by atoms with van der Waals surface area (Å²) in [5.41, 5.74) is 1.83. The molecule has 6 heteroatoms. The van der Waals surface area contributed by atoms with E-state index in [0.29, 0.717) is 30.1 Å². The Balaban J connectivity index is 1.31. The number of allylic oxidation sites excluding steroid dienone is 1. The molecule has 3 aromatic rings. The molecule has 1 saturated heterocycles. The second-order valence-electron chi connectivity index (χ2n) is 7.31. The number of ether oxygens (including phenoxy) is 1. The van der Waals surface area contributed by atoms with E-state index in [1.54, 1.807) is 42.7 Å². The second-order valence-corrected chi connectivity index (χ2v) is 7.31. The van der Waals surface area contributed by atoms with Crippen LogP contribution in [0.15, 0.2) is 79.1 Å². The molecule has 1 fully saturated rings. The molecule has 3 heterocycles. The molecular weight excluding hydrogens is 390 g/mol. The van der Waals surface area contributed by atoms with E-state index in [1.807, 2.05) is 41.3 Å². The van der Waals surface area contributed by atoms with Gasteiger partial charge in [-0.1, -0.05) is 24.3 Å². The van der Waals surface area contributed by atoms with Crippen molar-refractivity contribution in [3.63, 3.8) is 0 Å². The standard InChI is InChI=1S/C25H23N3O3/c29-23(12-11-21-5-1-3-15-26-21)19-7-9-20(10-8-19)25(30)28-17-13-22(14-18-28)31-24-6-2-4-16-27-24/h1-12,15-16,22H,13-14,17-18H2. The van der Waals surface area contributed by atoms with Gasteiger partial charge in [0.2, 0.25) is 5.88 Å². The van der Waals surface area contributed by atoms with Gasteiger partial charge in [0, 0.05) is 55.5 Å². The van der Waals surface area contributed by atoms with E-state index in [2.05, 4.69) is 9.97 Å². The highest BCUT2D eigenvalue weighted by atomic mass is 16.5. The van der Waals surface area contributed by atoms with Crippen LogP contribution in [0.5, 0.6) is 5.88 Å². The molecule has 1 amide bonds. The highest BCUT2D eigenvalue weighted by Gasteiger charge is 2.25. The van der Waals surface area contributed by atoms with Crippen LogP contribution in [0.2, 0.25) is 0 Å². The molecule has 0 aliphatic carbocycles. The van der Waals surface area contributed by atoms with Gasteiger partial charge in [0.05, 0.1) is 5.69 Å². The molecule has 6 nitrogen and oxygen atoms in total. The predicted molar refractivity (Wildman–Crippen MR) is 118 cm³/mol. The molecule has 0 bridgehead atoms. The number of benzene rings is 1. The summed E-state index contributed by atoms with van der Waals surface area (Å²) in [4.78, 5) is 35.4. The van der Waals surface area contributed by atoms with Gasteiger partial charge in [0.1, 0.15) is 6.10 Å². The lowest BCUT2D eigenvalue weighted by Gasteiger charge is -2.32. The Morgan fingerprint density at radius 1 is 0.871 bits per heavy atom. The zero-order valence-corrected chi connectivity index (χ0v) is 17.1. The van der Waals surface area contributed by atoms with Gasteiger partial charge in [0.15, 0.2) is 5.78 Å². The van der Waals surface area contributed by atoms with E-state index in [9.17, 15) is 9.59 Å². The fraction of sp³-hybridized carbons (Fsp3) is 0.200. The van der Waals surface area contributed by atoms with Crippen LogP contribution in [0.1, 0.15) is 39.3 Å². The Bertz CT molecular complexity index is 1040. The number of hydrogen-bond acceptors (Lipinski definition) is 5. The third kappa shape index (κ3) is 5.42. The molecule has 0 N–H and O–H groups in total. The number of aromatic nitrogens is 2. The van der Waals surface area contributed by atoms with Crippen molar-refractivity contribution < 1.29 is 14.3 Å². The first-order chi connectivity index (χ1) is 15.2. The minimum Gasteiger partial charge on any atom is -0.474 e. The molecule has 1 aromatic carbocycles. The fourth-order valence-electron chi connectivity index (χ4n) is 3.46. The summed E-state index contributed by atoms with van der Waals surface area (Å²) in [5.74, 6) is 0.459. The lowest BCUT2D eigenvalue weighted by molar-refractivity contribution is 0.0587. The van der Waals surface area contributed by atoms with Gasteiger partial charge >= 0.3 is 0 Å². The van der Waals surface area contributed by atoms with E-state index in [0.717, 1.165) is 18.5 Å². The molecule has 0 saturated carbocycles. The third-order valence-corrected chi connectivity index (χ3v) is 5.16. The summed E-state index contributed by atoms with van der Waals surface area (Å²) >= 11 is 0. The number of amides is 1. The number of nitrogens with zero attached hydrogens (tertiary/aromatic N) is 3. The number of ketones is 1. The molecule has 0 spiro atoms. The Morgan fingerprint density at radius 2 is 1.55 bits per heavy atom. The molecule has 0 atom stereocenters. The number of carbonyl (C=O) groups excluding carboxylic acids is 2. The van der Waals surface area contributed by atoms with Gasteiger partial charge in [-0.15, -0.1) is 0 Å². The van der Waals surface area contributed by atoms with Crippen LogP contribution in [-0.2, 0) is 0 Å². The van der Waals surface area contributed by atoms with E-state index < -0.39 is 0 Å². The van der Waals surface area contributed by atoms with Crippen molar-refractivity contribution in [2.75, 3.05) is 13.1 Å². The highest BCUT2D eigenvalue weighted by Crippen LogP contribution is 2.19. The van der Waals surface area contributed by atoms with Crippen LogP contribution in [0.4, 0.5) is 0 Å². The first kappa shape index (κ1) is 20.5. The number of pyridine rings is 2. The number of piperidine rings is 1. The highest BCUT2D eigenvalue weighted by molar-refractivity contribution is 6.07. The smallest absolute Gasteiger partial charge is 0.253 e. The van der Waals surface area contributed by atoms with Gasteiger partial charge in [-0.2, -0.15) is 0 Å². The maximum Gasteiger partial charge on any atom is 0.253 e. The van der Waals surface area contributed by atoms with E-state index >= 15 is 0 Å². The summed E-state index contributed by atoms with van der Waals surface area (Å²) in [5, 5.41) is 0. The number of likely N-dealkylation sites (tertiary alicyclic amines) is 1. The molecule has 0 radical (unpaired) electrons. The monoisotopic (exact) mass is 413 g/mol. The molecule has 1 aliphatic rings. The van der Waals surface area contributed by atoms with Crippen LogP contribution in [-0.4, -0.2) is 45.8 Å². The largest absolute Gasteiger partial charge is 0.474 e. The molecule has 31 heavy (non-hydrogen) atoms. The lowest BCUT2D eigenvalue weighted by Crippen LogP contribution is -2.41. The first-order valence-electron chi connectivity index (χ1n) is 10.3. The average molecular weight is 413 g/mol. The summed E-state index contributed by atoms with van der Waals surface area (Å²) in [6.45, 7) is 1.26. The fourth-order valence-corrected chi connectivity index (χ4v) is 3.46. The second kappa shape index (κ2) is 9.80. The average Bonchev–Trinajstić information content (AvgIpc) is 2.84. The van der Waals surface area contributed by atoms with Crippen molar-refractivity contribution in [2.45, 2.75) is 18.9 Å². The molecule has 0 unspecified atom stereocenters. The van der Waals surface area contributed by atoms with Gasteiger partial charge in [-0.05, 0) is 42.5 Å². The molecule has 2 aromatic heterocycles. The van der Waals surface area contributed by atoms with E-state index in [-0.39, 0.29) is 17.8 Å². The van der Waals surface area contributed by atoms with Crippen molar-refractivity contribution in [1.82, 2.24) is 14.9 Å². The van der Waals surface area contributed by atoms with Crippen LogP contribution in [0.25, 0.3) is 6.08 Å². The summed E-state index contributed by atoms with van der Waals surface area (Å²) in [6, 6.07) is 17.9. The van der Waals surface area contributed by atoms with Crippen molar-refractivity contribution in [2.24, 2.45) is 0 Å². The van der Waals surface area contributed by atoms with Crippen molar-refractivity contribution >= 4 is 17.8 Å². The van der Waals surface area contributed by atoms with Crippen LogP contribution in [0, 0.1) is 0 Å². The Labute approximate surface area is 181 Å². The maximum absolute atomic E-state index is 12.8. The SMILES string of the molecule is O=C(C=Cc1ccccn1)c1ccc(C(=O)N2CCC(Oc3ccccn3)CC2)cc1. The van der Waals surface area contributed by atoms with Crippen LogP contribution < -0.4 is 4.74 Å².